The van der Waals surface area contributed by atoms with Crippen LogP contribution in [0.2, 0.25) is 0 Å². The molecule has 0 saturated heterocycles. The van der Waals surface area contributed by atoms with Crippen LogP contribution in [0.4, 0.5) is 0 Å². The van der Waals surface area contributed by atoms with Gasteiger partial charge in [0.15, 0.2) is 0 Å². The van der Waals surface area contributed by atoms with Gasteiger partial charge < -0.3 is 28.0 Å². The number of hydrogen-bond donors (Lipinski definition) is 0. The Hall–Kier alpha value is -11.2. The van der Waals surface area contributed by atoms with Crippen LogP contribution in [0.1, 0.15) is 0 Å². The maximum Gasteiger partial charge on any atom is 2.00 e. The van der Waals surface area contributed by atoms with Gasteiger partial charge >= 0.3 is 21.1 Å². The Morgan fingerprint density at radius 2 is 0.862 bits per heavy atom. The molecule has 0 N–H and O–H groups in total. The zero-order valence-corrected chi connectivity index (χ0v) is 48.5. The molecule has 0 spiro atoms. The van der Waals surface area contributed by atoms with E-state index >= 15 is 0 Å². The fourth-order valence-corrected chi connectivity index (χ4v) is 12.6. The zero-order chi connectivity index (χ0) is 56.7. The summed E-state index contributed by atoms with van der Waals surface area (Å²) in [6.45, 7) is 0. The molecule has 0 aliphatic carbocycles. The summed E-state index contributed by atoms with van der Waals surface area (Å²) in [5.41, 5.74) is 14.6. The Kier molecular flexibility index (Phi) is 12.5. The van der Waals surface area contributed by atoms with Gasteiger partial charge in [0.1, 0.15) is 17.1 Å². The number of hydrogen-bond acceptors (Lipinski definition) is 6. The third-order valence-corrected chi connectivity index (χ3v) is 16.3. The van der Waals surface area contributed by atoms with Gasteiger partial charge in [-0.05, 0) is 120 Å². The second-order valence-corrected chi connectivity index (χ2v) is 21.3. The summed E-state index contributed by atoms with van der Waals surface area (Å²) >= 11 is 0. The van der Waals surface area contributed by atoms with Gasteiger partial charge in [-0.1, -0.05) is 138 Å². The largest absolute Gasteiger partial charge is 2.00 e. The topological polar surface area (TPSA) is 88.7 Å². The van der Waals surface area contributed by atoms with E-state index in [9.17, 15) is 0 Å². The van der Waals surface area contributed by atoms with Crippen LogP contribution in [0.5, 0.6) is 23.0 Å². The van der Waals surface area contributed by atoms with E-state index in [-0.39, 0.29) is 21.1 Å². The molecular formula is C76H46N8O2Pt. The first-order valence-corrected chi connectivity index (χ1v) is 28.5. The van der Waals surface area contributed by atoms with Crippen LogP contribution in [0.3, 0.4) is 0 Å². The third kappa shape index (κ3) is 8.76. The average molecular weight is 1300 g/mol. The van der Waals surface area contributed by atoms with Crippen molar-refractivity contribution in [3.05, 3.63) is 292 Å². The van der Waals surface area contributed by atoms with Crippen molar-refractivity contribution < 1.29 is 30.5 Å². The number of imidazole rings is 2. The van der Waals surface area contributed by atoms with Crippen LogP contribution >= 0.6 is 0 Å². The van der Waals surface area contributed by atoms with Gasteiger partial charge in [0, 0.05) is 103 Å². The van der Waals surface area contributed by atoms with Gasteiger partial charge in [0.2, 0.25) is 0 Å². The summed E-state index contributed by atoms with van der Waals surface area (Å²) in [4.78, 5) is 18.5. The molecule has 11 heteroatoms. The Morgan fingerprint density at radius 3 is 1.53 bits per heavy atom. The molecule has 8 aromatic heterocycles. The quantitative estimate of drug-likeness (QED) is 0.111. The Morgan fingerprint density at radius 1 is 0.310 bits per heavy atom. The van der Waals surface area contributed by atoms with Crippen LogP contribution in [-0.4, -0.2) is 37.9 Å². The van der Waals surface area contributed by atoms with E-state index in [0.29, 0.717) is 11.5 Å². The molecule has 0 unspecified atom stereocenters. The number of aromatic nitrogens is 8. The summed E-state index contributed by atoms with van der Waals surface area (Å²) in [6.07, 6.45) is 11.4. The predicted octanol–water partition coefficient (Wildman–Crippen LogP) is 18.8. The molecule has 0 atom stereocenters. The van der Waals surface area contributed by atoms with Crippen molar-refractivity contribution in [1.29, 1.82) is 0 Å². The maximum absolute atomic E-state index is 6.40. The van der Waals surface area contributed by atoms with Gasteiger partial charge in [0.05, 0.1) is 38.9 Å². The van der Waals surface area contributed by atoms with Gasteiger partial charge in [-0.15, -0.1) is 29.8 Å². The number of pyridine rings is 4. The first kappa shape index (κ1) is 51.4. The van der Waals surface area contributed by atoms with E-state index < -0.39 is 0 Å². The van der Waals surface area contributed by atoms with Crippen LogP contribution < -0.4 is 9.47 Å². The molecular weight excluding hydrogens is 1250 g/mol. The van der Waals surface area contributed by atoms with E-state index in [1.165, 1.54) is 43.5 Å². The van der Waals surface area contributed by atoms with E-state index in [1.807, 2.05) is 116 Å². The molecule has 0 bridgehead atoms. The standard InChI is InChI=1S/C38H24N4O.C38H22N4O.Pt/c2*1-2-10-26(11-3-1)42-35-15-5-4-13-30(35)32-23-31-29-17-16-28(22-33(29)38-40-19-20-41(38)36(31)24-37(32)42)43-27-12-8-9-25(21-27)34-14-6-7-18-39-34;/h1-24H;1-20,23-24H;/q;-2;+2. The summed E-state index contributed by atoms with van der Waals surface area (Å²) < 4.78 is 21.7. The van der Waals surface area contributed by atoms with Gasteiger partial charge in [0.25, 0.3) is 0 Å². The van der Waals surface area contributed by atoms with Crippen molar-refractivity contribution in [3.8, 4) is 56.9 Å². The SMILES string of the molecule is [Pt+2].[c-]1c(Oc2[c-]c3c(cc2)c2cc4c5ccccc5n(-c5ccccc5)c4cc2n2ccnc32)cccc1-c1ccccn1.c1ccc(-n2c3ccccc3c3cc4c5ccc(Oc6cccc(-c7ccccn7)c6)cc5c5nccn5c4cc32)cc1. The second kappa shape index (κ2) is 21.2. The summed E-state index contributed by atoms with van der Waals surface area (Å²) in [5.74, 6) is 2.73. The summed E-state index contributed by atoms with van der Waals surface area (Å²) in [5, 5.41) is 11.3. The molecule has 0 fully saturated rings. The van der Waals surface area contributed by atoms with Crippen molar-refractivity contribution in [1.82, 2.24) is 37.9 Å². The van der Waals surface area contributed by atoms with Crippen LogP contribution in [0.15, 0.2) is 280 Å². The number of rotatable bonds is 8. The van der Waals surface area contributed by atoms with E-state index in [2.05, 4.69) is 192 Å². The predicted molar refractivity (Wildman–Crippen MR) is 346 cm³/mol. The third-order valence-electron chi connectivity index (χ3n) is 16.3. The number of para-hydroxylation sites is 4. The molecule has 10 aromatic carbocycles. The van der Waals surface area contributed by atoms with Crippen LogP contribution in [0, 0.1) is 12.1 Å². The molecule has 8 heterocycles. The van der Waals surface area contributed by atoms with Crippen molar-refractivity contribution in [2.75, 3.05) is 0 Å². The van der Waals surface area contributed by atoms with Crippen LogP contribution in [0.25, 0.3) is 132 Å². The maximum atomic E-state index is 6.40. The number of nitrogens with zero attached hydrogens (tertiary/aromatic N) is 8. The normalized spacial score (nSPS) is 11.6. The average Bonchev–Trinajstić information content (AvgIpc) is 1.71. The molecule has 412 valence electrons. The fraction of sp³-hybridized carbons (Fsp3) is 0. The first-order valence-electron chi connectivity index (χ1n) is 28.5. The van der Waals surface area contributed by atoms with E-state index in [1.54, 1.807) is 12.4 Å². The van der Waals surface area contributed by atoms with Crippen molar-refractivity contribution in [3.63, 3.8) is 0 Å². The molecule has 0 aliphatic heterocycles. The first-order chi connectivity index (χ1) is 42.6. The number of fused-ring (bicyclic) bond motifs is 18. The number of benzene rings is 10. The smallest absolute Gasteiger partial charge is 0.497 e. The van der Waals surface area contributed by atoms with E-state index in [0.717, 1.165) is 100 Å². The van der Waals surface area contributed by atoms with Gasteiger partial charge in [-0.2, -0.15) is 0 Å². The van der Waals surface area contributed by atoms with Crippen molar-refractivity contribution >= 4 is 98.3 Å². The monoisotopic (exact) mass is 1300 g/mol. The van der Waals surface area contributed by atoms with Gasteiger partial charge in [-0.3, -0.25) is 14.4 Å². The molecule has 0 saturated carbocycles. The minimum Gasteiger partial charge on any atom is -0.497 e. The Balaban J connectivity index is 0.000000139. The van der Waals surface area contributed by atoms with Crippen molar-refractivity contribution in [2.24, 2.45) is 0 Å². The zero-order valence-electron chi connectivity index (χ0n) is 46.3. The molecule has 18 rings (SSSR count). The molecule has 10 nitrogen and oxygen atoms in total. The van der Waals surface area contributed by atoms with E-state index in [4.69, 9.17) is 19.4 Å². The minimum absolute atomic E-state index is 0. The molecule has 0 aliphatic rings. The molecule has 87 heavy (non-hydrogen) atoms. The van der Waals surface area contributed by atoms with Crippen LogP contribution in [-0.2, 0) is 21.1 Å². The second-order valence-electron chi connectivity index (χ2n) is 21.3. The molecule has 18 aromatic rings. The fourth-order valence-electron chi connectivity index (χ4n) is 12.6. The number of ether oxygens (including phenoxy) is 2. The Labute approximate surface area is 512 Å². The van der Waals surface area contributed by atoms with Crippen molar-refractivity contribution in [2.45, 2.75) is 0 Å². The Bertz CT molecular complexity index is 5310. The minimum atomic E-state index is 0. The van der Waals surface area contributed by atoms with Gasteiger partial charge in [-0.25, -0.2) is 4.98 Å². The summed E-state index contributed by atoms with van der Waals surface area (Å²) in [6, 6.07) is 90.5. The summed E-state index contributed by atoms with van der Waals surface area (Å²) in [7, 11) is 0. The molecule has 0 amide bonds. The molecule has 0 radical (unpaired) electrons.